The van der Waals surface area contributed by atoms with E-state index in [1.54, 1.807) is 11.8 Å². The van der Waals surface area contributed by atoms with Gasteiger partial charge in [0.1, 0.15) is 11.6 Å². The van der Waals surface area contributed by atoms with Gasteiger partial charge in [-0.25, -0.2) is 13.6 Å². The number of hydrogen-bond acceptors (Lipinski definition) is 2. The molecule has 2 fully saturated rings. The number of aliphatic hydroxyl groups excluding tert-OH is 1. The van der Waals surface area contributed by atoms with Crippen molar-refractivity contribution < 1.29 is 18.7 Å². The highest BCUT2D eigenvalue weighted by Crippen LogP contribution is 2.48. The fraction of sp³-hybridized carbons (Fsp3) is 0.611. The lowest BCUT2D eigenvalue weighted by Gasteiger charge is -2.27. The first-order valence-electron chi connectivity index (χ1n) is 8.59. The highest BCUT2D eigenvalue weighted by molar-refractivity contribution is 5.75. The van der Waals surface area contributed by atoms with Gasteiger partial charge in [-0.2, -0.15) is 0 Å². The zero-order valence-corrected chi connectivity index (χ0v) is 13.9. The summed E-state index contributed by atoms with van der Waals surface area (Å²) in [6, 6.07) is 3.54. The third-order valence-electron chi connectivity index (χ3n) is 5.19. The van der Waals surface area contributed by atoms with E-state index in [-0.39, 0.29) is 12.1 Å². The van der Waals surface area contributed by atoms with Crippen LogP contribution in [0.25, 0.3) is 0 Å². The Labute approximate surface area is 140 Å². The summed E-state index contributed by atoms with van der Waals surface area (Å²) in [5, 5.41) is 12.5. The SMILES string of the molecule is CC(O)CC1CCCN1C(=O)NCC1(c2ccc(F)cc2F)CC1. The van der Waals surface area contributed by atoms with E-state index >= 15 is 0 Å². The Morgan fingerprint density at radius 3 is 2.83 bits per heavy atom. The molecular weight excluding hydrogens is 314 g/mol. The zero-order valence-electron chi connectivity index (χ0n) is 13.9. The first-order valence-corrected chi connectivity index (χ1v) is 8.59. The normalized spacial score (nSPS) is 23.2. The molecule has 1 aliphatic carbocycles. The Morgan fingerprint density at radius 1 is 1.46 bits per heavy atom. The van der Waals surface area contributed by atoms with Crippen LogP contribution in [-0.2, 0) is 5.41 Å². The molecule has 2 unspecified atom stereocenters. The van der Waals surface area contributed by atoms with E-state index in [2.05, 4.69) is 5.32 Å². The maximum Gasteiger partial charge on any atom is 0.317 e. The van der Waals surface area contributed by atoms with Crippen molar-refractivity contribution in [3.63, 3.8) is 0 Å². The second kappa shape index (κ2) is 6.67. The lowest BCUT2D eigenvalue weighted by molar-refractivity contribution is 0.138. The molecule has 0 spiro atoms. The molecule has 0 radical (unpaired) electrons. The Morgan fingerprint density at radius 2 is 2.21 bits per heavy atom. The van der Waals surface area contributed by atoms with Crippen molar-refractivity contribution in [2.75, 3.05) is 13.1 Å². The number of nitrogens with one attached hydrogen (secondary N) is 1. The lowest BCUT2D eigenvalue weighted by atomic mass is 9.95. The van der Waals surface area contributed by atoms with Gasteiger partial charge in [-0.3, -0.25) is 0 Å². The van der Waals surface area contributed by atoms with Crippen molar-refractivity contribution in [3.8, 4) is 0 Å². The van der Waals surface area contributed by atoms with Crippen molar-refractivity contribution in [2.24, 2.45) is 0 Å². The van der Waals surface area contributed by atoms with Crippen LogP contribution in [0.4, 0.5) is 13.6 Å². The van der Waals surface area contributed by atoms with Gasteiger partial charge in [0.2, 0.25) is 0 Å². The highest BCUT2D eigenvalue weighted by Gasteiger charge is 2.46. The van der Waals surface area contributed by atoms with E-state index in [9.17, 15) is 18.7 Å². The summed E-state index contributed by atoms with van der Waals surface area (Å²) >= 11 is 0. The number of aliphatic hydroxyl groups is 1. The number of likely N-dealkylation sites (tertiary alicyclic amines) is 1. The van der Waals surface area contributed by atoms with Crippen LogP contribution in [0.5, 0.6) is 0 Å². The minimum atomic E-state index is -0.589. The lowest BCUT2D eigenvalue weighted by Crippen LogP contribution is -2.46. The smallest absolute Gasteiger partial charge is 0.317 e. The largest absolute Gasteiger partial charge is 0.393 e. The van der Waals surface area contributed by atoms with E-state index in [0.29, 0.717) is 25.1 Å². The van der Waals surface area contributed by atoms with Crippen LogP contribution in [0, 0.1) is 11.6 Å². The van der Waals surface area contributed by atoms with Crippen molar-refractivity contribution in [1.82, 2.24) is 10.2 Å². The van der Waals surface area contributed by atoms with Gasteiger partial charge in [0.05, 0.1) is 6.10 Å². The molecule has 2 N–H and O–H groups in total. The topological polar surface area (TPSA) is 52.6 Å². The molecule has 6 heteroatoms. The maximum atomic E-state index is 14.0. The number of rotatable bonds is 5. The van der Waals surface area contributed by atoms with E-state index in [4.69, 9.17) is 0 Å². The summed E-state index contributed by atoms with van der Waals surface area (Å²) in [7, 11) is 0. The van der Waals surface area contributed by atoms with E-state index in [1.807, 2.05) is 0 Å². The van der Waals surface area contributed by atoms with Gasteiger partial charge >= 0.3 is 6.03 Å². The molecule has 2 amide bonds. The fourth-order valence-corrected chi connectivity index (χ4v) is 3.70. The molecule has 1 aromatic rings. The Bertz CT molecular complexity index is 617. The number of amides is 2. The van der Waals surface area contributed by atoms with E-state index in [0.717, 1.165) is 31.7 Å². The molecule has 1 saturated heterocycles. The number of carbonyl (C=O) groups excluding carboxylic acids is 1. The molecule has 0 bridgehead atoms. The second-order valence-electron chi connectivity index (χ2n) is 7.14. The third-order valence-corrected chi connectivity index (χ3v) is 5.19. The summed E-state index contributed by atoms with van der Waals surface area (Å²) in [4.78, 5) is 14.2. The highest BCUT2D eigenvalue weighted by atomic mass is 19.1. The van der Waals surface area contributed by atoms with Crippen LogP contribution in [-0.4, -0.2) is 41.3 Å². The summed E-state index contributed by atoms with van der Waals surface area (Å²) in [6.07, 6.45) is 3.54. The summed E-state index contributed by atoms with van der Waals surface area (Å²) in [5.74, 6) is -1.14. The summed E-state index contributed by atoms with van der Waals surface area (Å²) < 4.78 is 27.1. The average molecular weight is 338 g/mol. The number of halogens is 2. The second-order valence-corrected chi connectivity index (χ2v) is 7.14. The Kier molecular flexibility index (Phi) is 4.76. The van der Waals surface area contributed by atoms with Gasteiger partial charge < -0.3 is 15.3 Å². The van der Waals surface area contributed by atoms with Crippen LogP contribution >= 0.6 is 0 Å². The van der Waals surface area contributed by atoms with Crippen LogP contribution in [0.15, 0.2) is 18.2 Å². The van der Waals surface area contributed by atoms with Gasteiger partial charge in [0.25, 0.3) is 0 Å². The van der Waals surface area contributed by atoms with Gasteiger partial charge in [-0.15, -0.1) is 0 Å². The fourth-order valence-electron chi connectivity index (χ4n) is 3.70. The number of carbonyl (C=O) groups is 1. The van der Waals surface area contributed by atoms with Crippen molar-refractivity contribution >= 4 is 6.03 Å². The predicted molar refractivity (Wildman–Crippen MR) is 86.7 cm³/mol. The molecule has 1 aliphatic heterocycles. The van der Waals surface area contributed by atoms with Gasteiger partial charge in [-0.1, -0.05) is 6.07 Å². The van der Waals surface area contributed by atoms with Crippen LogP contribution in [0.3, 0.4) is 0 Å². The third kappa shape index (κ3) is 3.53. The van der Waals surface area contributed by atoms with Crippen molar-refractivity contribution in [1.29, 1.82) is 0 Å². The molecule has 1 heterocycles. The van der Waals surface area contributed by atoms with Crippen LogP contribution in [0.2, 0.25) is 0 Å². The Hall–Kier alpha value is -1.69. The number of hydrogen-bond donors (Lipinski definition) is 2. The quantitative estimate of drug-likeness (QED) is 0.867. The maximum absolute atomic E-state index is 14.0. The molecule has 132 valence electrons. The molecule has 3 rings (SSSR count). The minimum absolute atomic E-state index is 0.0581. The Balaban J connectivity index is 1.61. The summed E-state index contributed by atoms with van der Waals surface area (Å²) in [5.41, 5.74) is 0.0681. The van der Waals surface area contributed by atoms with Gasteiger partial charge in [-0.05, 0) is 50.7 Å². The van der Waals surface area contributed by atoms with Gasteiger partial charge in [0.15, 0.2) is 0 Å². The van der Waals surface area contributed by atoms with Crippen LogP contribution < -0.4 is 5.32 Å². The van der Waals surface area contributed by atoms with E-state index in [1.165, 1.54) is 12.1 Å². The number of nitrogens with zero attached hydrogens (tertiary/aromatic N) is 1. The molecule has 1 aromatic carbocycles. The molecule has 0 aromatic heterocycles. The van der Waals surface area contributed by atoms with Crippen LogP contribution in [0.1, 0.15) is 44.6 Å². The first kappa shape index (κ1) is 17.1. The van der Waals surface area contributed by atoms with E-state index < -0.39 is 23.2 Å². The zero-order chi connectivity index (χ0) is 17.3. The number of benzene rings is 1. The van der Waals surface area contributed by atoms with Crippen molar-refractivity contribution in [2.45, 2.75) is 56.6 Å². The molecule has 1 saturated carbocycles. The molecular formula is C18H24F2N2O2. The number of urea groups is 1. The average Bonchev–Trinajstić information content (AvgIpc) is 3.15. The molecule has 24 heavy (non-hydrogen) atoms. The first-order chi connectivity index (χ1) is 11.4. The standard InChI is InChI=1S/C18H24F2N2O2/c1-12(23)9-14-3-2-8-22(14)17(24)21-11-18(6-7-18)15-5-4-13(19)10-16(15)20/h4-5,10,12,14,23H,2-3,6-9,11H2,1H3,(H,21,24). The predicted octanol–water partition coefficient (Wildman–Crippen LogP) is 2.94. The summed E-state index contributed by atoms with van der Waals surface area (Å²) in [6.45, 7) is 2.76. The minimum Gasteiger partial charge on any atom is -0.393 e. The van der Waals surface area contributed by atoms with Gasteiger partial charge in [0, 0.05) is 30.6 Å². The molecule has 4 nitrogen and oxygen atoms in total. The molecule has 2 aliphatic rings. The monoisotopic (exact) mass is 338 g/mol. The molecule has 2 atom stereocenters. The van der Waals surface area contributed by atoms with Crippen molar-refractivity contribution in [3.05, 3.63) is 35.4 Å².